The van der Waals surface area contributed by atoms with Crippen LogP contribution in [0.15, 0.2) is 90.0 Å². The molecule has 0 heterocycles. The van der Waals surface area contributed by atoms with Crippen molar-refractivity contribution >= 4 is 17.8 Å². The summed E-state index contributed by atoms with van der Waals surface area (Å²) in [5, 5.41) is 21.1. The highest BCUT2D eigenvalue weighted by atomic mass is 16.7. The van der Waals surface area contributed by atoms with E-state index >= 15 is 0 Å². The highest BCUT2D eigenvalue weighted by molar-refractivity contribution is 5.92. The van der Waals surface area contributed by atoms with Crippen LogP contribution in [0, 0.1) is 10.1 Å². The van der Waals surface area contributed by atoms with Gasteiger partial charge in [0, 0.05) is 13.1 Å². The topological polar surface area (TPSA) is 161 Å². The van der Waals surface area contributed by atoms with Gasteiger partial charge in [-0.3, -0.25) is 9.59 Å². The van der Waals surface area contributed by atoms with Crippen LogP contribution < -0.4 is 26.4 Å². The van der Waals surface area contributed by atoms with E-state index in [9.17, 15) is 19.7 Å². The number of methoxy groups -OCH3 is 1. The maximum Gasteiger partial charge on any atom is 0.266 e. The number of carbonyl (C=O) groups excluding carboxylic acids is 2. The fourth-order valence-corrected chi connectivity index (χ4v) is 4.24. The number of nitro groups is 1. The largest absolute Gasteiger partial charge is 0.497 e. The van der Waals surface area contributed by atoms with Crippen molar-refractivity contribution in [3.63, 3.8) is 0 Å². The van der Waals surface area contributed by atoms with E-state index in [4.69, 9.17) is 10.5 Å². The molecule has 0 bridgehead atoms. The second kappa shape index (κ2) is 15.5. The van der Waals surface area contributed by atoms with Crippen LogP contribution in [0.4, 0.5) is 0 Å². The van der Waals surface area contributed by atoms with E-state index in [1.165, 1.54) is 0 Å². The van der Waals surface area contributed by atoms with E-state index in [1.54, 1.807) is 7.11 Å². The summed E-state index contributed by atoms with van der Waals surface area (Å²) in [6.07, 6.45) is 1.24. The Morgan fingerprint density at radius 1 is 0.925 bits per heavy atom. The van der Waals surface area contributed by atoms with E-state index in [-0.39, 0.29) is 30.7 Å². The third kappa shape index (κ3) is 9.43. The molecule has 3 rings (SSSR count). The van der Waals surface area contributed by atoms with Crippen molar-refractivity contribution in [2.75, 3.05) is 20.2 Å². The Morgan fingerprint density at radius 3 is 2.17 bits per heavy atom. The third-order valence-electron chi connectivity index (χ3n) is 6.17. The lowest BCUT2D eigenvalue weighted by Gasteiger charge is -2.23. The molecule has 0 aliphatic heterocycles. The first-order valence-corrected chi connectivity index (χ1v) is 12.9. The van der Waals surface area contributed by atoms with Gasteiger partial charge in [-0.1, -0.05) is 72.8 Å². The lowest BCUT2D eigenvalue weighted by Crippen LogP contribution is -2.49. The zero-order valence-electron chi connectivity index (χ0n) is 22.3. The van der Waals surface area contributed by atoms with E-state index in [0.717, 1.165) is 22.4 Å². The van der Waals surface area contributed by atoms with Gasteiger partial charge >= 0.3 is 0 Å². The van der Waals surface area contributed by atoms with Gasteiger partial charge in [-0.05, 0) is 48.1 Å². The molecule has 0 saturated heterocycles. The summed E-state index contributed by atoms with van der Waals surface area (Å²) in [4.78, 5) is 37.4. The summed E-state index contributed by atoms with van der Waals surface area (Å²) in [7, 11) is 1.60. The Kier molecular flexibility index (Phi) is 11.5. The summed E-state index contributed by atoms with van der Waals surface area (Å²) >= 11 is 0. The molecule has 0 aliphatic rings. The zero-order chi connectivity index (χ0) is 28.7. The fraction of sp³-hybridized carbons (Fsp3) is 0.276. The van der Waals surface area contributed by atoms with Crippen molar-refractivity contribution < 1.29 is 19.4 Å². The number of nitrogens with zero attached hydrogens (tertiary/aromatic N) is 2. The molecule has 2 amide bonds. The molecule has 210 valence electrons. The normalized spacial score (nSPS) is 11.9. The molecule has 0 fully saturated rings. The predicted octanol–water partition coefficient (Wildman–Crippen LogP) is 2.55. The minimum absolute atomic E-state index is 0.230. The summed E-state index contributed by atoms with van der Waals surface area (Å²) in [6.45, 7) is 0.591. The number of benzene rings is 3. The minimum atomic E-state index is -0.894. The van der Waals surface area contributed by atoms with Gasteiger partial charge in [0.1, 0.15) is 16.9 Å². The first-order valence-electron chi connectivity index (χ1n) is 12.9. The Morgan fingerprint density at radius 2 is 1.57 bits per heavy atom. The number of rotatable bonds is 14. The van der Waals surface area contributed by atoms with Crippen molar-refractivity contribution in [2.24, 2.45) is 10.8 Å². The summed E-state index contributed by atoms with van der Waals surface area (Å²) in [6, 6.07) is 25.5. The van der Waals surface area contributed by atoms with Gasteiger partial charge in [0.2, 0.25) is 11.8 Å². The average Bonchev–Trinajstić information content (AvgIpc) is 2.95. The number of hydrogen-bond acceptors (Lipinski definition) is 5. The van der Waals surface area contributed by atoms with Gasteiger partial charge in [-0.25, -0.2) is 10.1 Å². The van der Waals surface area contributed by atoms with E-state index < -0.39 is 17.0 Å². The molecule has 11 heteroatoms. The number of hydrazone groups is 1. The van der Waals surface area contributed by atoms with Crippen LogP contribution in [0.1, 0.15) is 35.4 Å². The molecule has 0 aromatic heterocycles. The van der Waals surface area contributed by atoms with Crippen molar-refractivity contribution in [1.29, 1.82) is 0 Å². The zero-order valence-corrected chi connectivity index (χ0v) is 22.3. The van der Waals surface area contributed by atoms with E-state index in [0.29, 0.717) is 19.4 Å². The molecule has 1 atom stereocenters. The van der Waals surface area contributed by atoms with Crippen LogP contribution in [0.3, 0.4) is 0 Å². The quantitative estimate of drug-likeness (QED) is 0.0794. The smallest absolute Gasteiger partial charge is 0.266 e. The molecule has 40 heavy (non-hydrogen) atoms. The SMILES string of the molecule is COc1cccc(CCNC(=O)[C@H](CCCNC(N)=N[N+](=O)[O-])NC(=O)C(c2ccccc2)c2ccccc2)c1. The third-order valence-corrected chi connectivity index (χ3v) is 6.17. The average molecular weight is 547 g/mol. The van der Waals surface area contributed by atoms with Gasteiger partial charge < -0.3 is 26.4 Å². The van der Waals surface area contributed by atoms with Crippen LogP contribution >= 0.6 is 0 Å². The predicted molar refractivity (Wildman–Crippen MR) is 152 cm³/mol. The monoisotopic (exact) mass is 546 g/mol. The number of nitrogens with one attached hydrogen (secondary N) is 3. The van der Waals surface area contributed by atoms with Crippen molar-refractivity contribution in [2.45, 2.75) is 31.2 Å². The Balaban J connectivity index is 1.71. The molecule has 3 aromatic carbocycles. The number of hydrogen-bond donors (Lipinski definition) is 4. The highest BCUT2D eigenvalue weighted by Gasteiger charge is 2.27. The molecule has 5 N–H and O–H groups in total. The van der Waals surface area contributed by atoms with Crippen LogP contribution in [0.25, 0.3) is 0 Å². The second-order valence-corrected chi connectivity index (χ2v) is 9.00. The molecule has 3 aromatic rings. The van der Waals surface area contributed by atoms with Crippen molar-refractivity contribution in [3.8, 4) is 5.75 Å². The minimum Gasteiger partial charge on any atom is -0.497 e. The molecule has 0 spiro atoms. The standard InChI is InChI=1S/C29H34N6O5/c1-40-24-15-8-10-21(20-24)17-19-31-27(36)25(16-9-18-32-29(30)34-35(38)39)33-28(37)26(22-11-4-2-5-12-22)23-13-6-3-7-14-23/h2-8,10-15,20,25-26H,9,16-19H2,1H3,(H,31,36)(H,33,37)(H3,30,32,34)/t25-/m0/s1. The van der Waals surface area contributed by atoms with Gasteiger partial charge in [-0.2, -0.15) is 0 Å². The number of ether oxygens (including phenoxy) is 1. The summed E-state index contributed by atoms with van der Waals surface area (Å²) < 4.78 is 5.26. The van der Waals surface area contributed by atoms with Crippen molar-refractivity contribution in [3.05, 3.63) is 112 Å². The summed E-state index contributed by atoms with van der Waals surface area (Å²) in [5.74, 6) is -0.859. The Hall–Kier alpha value is -4.93. The summed E-state index contributed by atoms with van der Waals surface area (Å²) in [5.41, 5.74) is 8.08. The molecule has 0 saturated carbocycles. The van der Waals surface area contributed by atoms with Gasteiger partial charge in [0.05, 0.1) is 13.0 Å². The molecule has 0 aliphatic carbocycles. The first-order chi connectivity index (χ1) is 19.4. The second-order valence-electron chi connectivity index (χ2n) is 9.00. The highest BCUT2D eigenvalue weighted by Crippen LogP contribution is 2.25. The van der Waals surface area contributed by atoms with Gasteiger partial charge in [0.25, 0.3) is 5.96 Å². The molecule has 0 unspecified atom stereocenters. The van der Waals surface area contributed by atoms with Crippen LogP contribution in [0.5, 0.6) is 5.75 Å². The number of nitrogens with two attached hydrogens (primary N) is 1. The fourth-order valence-electron chi connectivity index (χ4n) is 4.24. The molecular weight excluding hydrogens is 512 g/mol. The van der Waals surface area contributed by atoms with Gasteiger partial charge in [-0.15, -0.1) is 0 Å². The maximum atomic E-state index is 13.7. The number of amides is 2. The first kappa shape index (κ1) is 29.6. The van der Waals surface area contributed by atoms with Crippen LogP contribution in [0.2, 0.25) is 0 Å². The molecular formula is C29H34N6O5. The lowest BCUT2D eigenvalue weighted by atomic mass is 9.90. The maximum absolute atomic E-state index is 13.7. The Bertz CT molecular complexity index is 1250. The number of carbonyl (C=O) groups is 2. The van der Waals surface area contributed by atoms with E-state index in [2.05, 4.69) is 21.1 Å². The Labute approximate surface area is 233 Å². The van der Waals surface area contributed by atoms with Crippen LogP contribution in [-0.4, -0.2) is 49.0 Å². The molecule has 11 nitrogen and oxygen atoms in total. The van der Waals surface area contributed by atoms with Crippen molar-refractivity contribution in [1.82, 2.24) is 16.0 Å². The van der Waals surface area contributed by atoms with E-state index in [1.807, 2.05) is 84.9 Å². The van der Waals surface area contributed by atoms with Gasteiger partial charge in [0.15, 0.2) is 5.03 Å². The number of guanidine groups is 1. The van der Waals surface area contributed by atoms with Crippen LogP contribution in [-0.2, 0) is 16.0 Å². The molecule has 0 radical (unpaired) electrons. The lowest BCUT2D eigenvalue weighted by molar-refractivity contribution is -0.485.